The van der Waals surface area contributed by atoms with E-state index in [1.54, 1.807) is 10.8 Å². The number of fused-ring (bicyclic) bond motifs is 2. The van der Waals surface area contributed by atoms with E-state index in [1.165, 1.54) is 18.9 Å². The number of ether oxygens (including phenoxy) is 3. The molecule has 4 atom stereocenters. The van der Waals surface area contributed by atoms with Gasteiger partial charge in [-0.1, -0.05) is 6.07 Å². The van der Waals surface area contributed by atoms with Crippen LogP contribution in [0.4, 0.5) is 11.5 Å². The summed E-state index contributed by atoms with van der Waals surface area (Å²) in [4.78, 5) is 4.45. The number of anilines is 2. The number of nitrogens with one attached hydrogen (secondary N) is 1. The lowest BCUT2D eigenvalue weighted by molar-refractivity contribution is -0.0182. The summed E-state index contributed by atoms with van der Waals surface area (Å²) in [5.41, 5.74) is 6.18. The first-order valence-electron chi connectivity index (χ1n) is 9.08. The summed E-state index contributed by atoms with van der Waals surface area (Å²) < 4.78 is 19.0. The van der Waals surface area contributed by atoms with Gasteiger partial charge in [-0.15, -0.1) is 11.8 Å². The van der Waals surface area contributed by atoms with Crippen LogP contribution in [0.5, 0.6) is 17.2 Å². The van der Waals surface area contributed by atoms with Crippen molar-refractivity contribution in [3.8, 4) is 17.2 Å². The zero-order valence-corrected chi connectivity index (χ0v) is 17.3. The third-order valence-electron chi connectivity index (χ3n) is 4.78. The Labute approximate surface area is 176 Å². The van der Waals surface area contributed by atoms with Gasteiger partial charge in [0.25, 0.3) is 0 Å². The standard InChI is InChI=1S/C18H22N4O5S2/c1-25-15-12(8-23)29-17(14(15)24)22-7-11-16(21-18(22)28)20-13-9(26-6-5-19)3-2-4-10(13)27-11/h2-4,7,12,14-15,17,23-24H,5-6,8,19H2,1H3,(H,20,21,28)/t12-,14?,15?,17-/m1/s1. The van der Waals surface area contributed by atoms with Gasteiger partial charge in [0.1, 0.15) is 29.5 Å². The van der Waals surface area contributed by atoms with Gasteiger partial charge < -0.3 is 40.0 Å². The molecule has 29 heavy (non-hydrogen) atoms. The first-order valence-corrected chi connectivity index (χ1v) is 10.4. The Kier molecular flexibility index (Phi) is 5.95. The molecule has 156 valence electrons. The molecule has 0 bridgehead atoms. The minimum absolute atomic E-state index is 0.112. The van der Waals surface area contributed by atoms with E-state index in [-0.39, 0.29) is 16.6 Å². The molecule has 0 amide bonds. The van der Waals surface area contributed by atoms with Gasteiger partial charge in [-0.25, -0.2) is 0 Å². The van der Waals surface area contributed by atoms with Crippen molar-refractivity contribution in [1.29, 1.82) is 0 Å². The molecule has 0 radical (unpaired) electrons. The fourth-order valence-corrected chi connectivity index (χ4v) is 5.23. The zero-order valence-electron chi connectivity index (χ0n) is 15.6. The summed E-state index contributed by atoms with van der Waals surface area (Å²) in [5.74, 6) is 2.12. The van der Waals surface area contributed by atoms with E-state index < -0.39 is 17.6 Å². The largest absolute Gasteiger partial charge is 0.490 e. The fourth-order valence-electron chi connectivity index (χ4n) is 3.43. The van der Waals surface area contributed by atoms with Crippen LogP contribution >= 0.6 is 24.0 Å². The van der Waals surface area contributed by atoms with Gasteiger partial charge >= 0.3 is 0 Å². The second kappa shape index (κ2) is 8.46. The first kappa shape index (κ1) is 20.4. The fraction of sp³-hybridized carbons (Fsp3) is 0.444. The molecule has 0 spiro atoms. The maximum atomic E-state index is 10.7. The lowest BCUT2D eigenvalue weighted by Gasteiger charge is -2.26. The molecule has 3 heterocycles. The topological polar surface area (TPSA) is 124 Å². The van der Waals surface area contributed by atoms with Crippen LogP contribution in [0.3, 0.4) is 0 Å². The van der Waals surface area contributed by atoms with Crippen LogP contribution in [0.25, 0.3) is 0 Å². The Balaban J connectivity index is 1.66. The van der Waals surface area contributed by atoms with Gasteiger partial charge in [-0.3, -0.25) is 0 Å². The van der Waals surface area contributed by atoms with Crippen LogP contribution in [0, 0.1) is 4.77 Å². The highest BCUT2D eigenvalue weighted by Gasteiger charge is 2.44. The van der Waals surface area contributed by atoms with Crippen LogP contribution in [0.2, 0.25) is 0 Å². The average molecular weight is 439 g/mol. The van der Waals surface area contributed by atoms with Crippen LogP contribution in [0.15, 0.2) is 24.4 Å². The Morgan fingerprint density at radius 2 is 2.24 bits per heavy atom. The van der Waals surface area contributed by atoms with Gasteiger partial charge in [0.2, 0.25) is 4.77 Å². The molecular formula is C18H22N4O5S2. The van der Waals surface area contributed by atoms with Crippen molar-refractivity contribution in [3.05, 3.63) is 29.2 Å². The molecule has 9 nitrogen and oxygen atoms in total. The number of thioether (sulfide) groups is 1. The van der Waals surface area contributed by atoms with E-state index in [0.717, 1.165) is 0 Å². The quantitative estimate of drug-likeness (QED) is 0.423. The monoisotopic (exact) mass is 438 g/mol. The minimum Gasteiger partial charge on any atom is -0.490 e. The molecule has 2 aliphatic heterocycles. The van der Waals surface area contributed by atoms with Gasteiger partial charge in [0, 0.05) is 13.7 Å². The molecule has 4 rings (SSSR count). The smallest absolute Gasteiger partial charge is 0.202 e. The van der Waals surface area contributed by atoms with Crippen molar-refractivity contribution < 1.29 is 24.4 Å². The first-order chi connectivity index (χ1) is 14.1. The van der Waals surface area contributed by atoms with Gasteiger partial charge in [-0.2, -0.15) is 4.98 Å². The number of aliphatic hydroxyl groups excluding tert-OH is 2. The second-order valence-corrected chi connectivity index (χ2v) is 8.30. The number of rotatable bonds is 6. The van der Waals surface area contributed by atoms with Crippen molar-refractivity contribution >= 4 is 35.5 Å². The molecule has 5 N–H and O–H groups in total. The number of nitrogens with two attached hydrogens (primary N) is 1. The molecule has 2 aromatic rings. The van der Waals surface area contributed by atoms with Gasteiger partial charge in [0.15, 0.2) is 17.3 Å². The molecule has 2 unspecified atom stereocenters. The maximum Gasteiger partial charge on any atom is 0.202 e. The highest BCUT2D eigenvalue weighted by Crippen LogP contribution is 2.48. The molecular weight excluding hydrogens is 416 g/mol. The Morgan fingerprint density at radius 1 is 1.41 bits per heavy atom. The van der Waals surface area contributed by atoms with E-state index in [4.69, 9.17) is 32.2 Å². The van der Waals surface area contributed by atoms with E-state index in [1.807, 2.05) is 18.2 Å². The molecule has 1 saturated heterocycles. The summed E-state index contributed by atoms with van der Waals surface area (Å²) in [5, 5.41) is 22.8. The minimum atomic E-state index is -0.853. The number of hydrogen-bond donors (Lipinski definition) is 4. The number of benzene rings is 1. The molecule has 1 fully saturated rings. The normalized spacial score (nSPS) is 25.0. The molecule has 11 heteroatoms. The van der Waals surface area contributed by atoms with E-state index in [9.17, 15) is 10.2 Å². The summed E-state index contributed by atoms with van der Waals surface area (Å²) in [6, 6.07) is 5.46. The van der Waals surface area contributed by atoms with Gasteiger partial charge in [0.05, 0.1) is 24.2 Å². The summed E-state index contributed by atoms with van der Waals surface area (Å²) in [6.07, 6.45) is 0.352. The highest BCUT2D eigenvalue weighted by atomic mass is 32.2. The SMILES string of the molecule is COC1C(O)[C@H](n2cc3c(nc2=S)Nc2c(OCCN)cccc2O3)S[C@@H]1CO. The third-order valence-corrected chi connectivity index (χ3v) is 6.63. The number of nitrogens with zero attached hydrogens (tertiary/aromatic N) is 2. The zero-order chi connectivity index (χ0) is 20.5. The summed E-state index contributed by atoms with van der Waals surface area (Å²) >= 11 is 6.85. The van der Waals surface area contributed by atoms with Gasteiger partial charge in [-0.05, 0) is 24.4 Å². The lowest BCUT2D eigenvalue weighted by atomic mass is 10.1. The van der Waals surface area contributed by atoms with E-state index in [2.05, 4.69) is 10.3 Å². The third kappa shape index (κ3) is 3.69. The van der Waals surface area contributed by atoms with E-state index in [0.29, 0.717) is 41.9 Å². The van der Waals surface area contributed by atoms with Crippen molar-refractivity contribution in [2.75, 3.05) is 32.2 Å². The van der Waals surface area contributed by atoms with Crippen molar-refractivity contribution in [2.24, 2.45) is 5.73 Å². The average Bonchev–Trinajstić information content (AvgIpc) is 3.05. The Bertz CT molecular complexity index is 956. The molecule has 2 aliphatic rings. The molecule has 1 aromatic heterocycles. The van der Waals surface area contributed by atoms with Crippen molar-refractivity contribution in [2.45, 2.75) is 22.8 Å². The number of hydrogen-bond acceptors (Lipinski definition) is 10. The van der Waals surface area contributed by atoms with Crippen LogP contribution in [0.1, 0.15) is 5.37 Å². The Hall–Kier alpha value is -1.89. The van der Waals surface area contributed by atoms with Crippen LogP contribution in [-0.2, 0) is 4.74 Å². The summed E-state index contributed by atoms with van der Waals surface area (Å²) in [6.45, 7) is 0.663. The summed E-state index contributed by atoms with van der Waals surface area (Å²) in [7, 11) is 1.51. The van der Waals surface area contributed by atoms with Crippen LogP contribution in [-0.4, -0.2) is 64.1 Å². The highest BCUT2D eigenvalue weighted by molar-refractivity contribution is 8.00. The molecule has 1 aromatic carbocycles. The molecule has 0 saturated carbocycles. The predicted octanol–water partition coefficient (Wildman–Crippen LogP) is 1.78. The van der Waals surface area contributed by atoms with Crippen molar-refractivity contribution in [3.63, 3.8) is 0 Å². The number of aromatic nitrogens is 2. The second-order valence-electron chi connectivity index (χ2n) is 6.58. The number of methoxy groups -OCH3 is 1. The number of aliphatic hydroxyl groups is 2. The van der Waals surface area contributed by atoms with Crippen molar-refractivity contribution in [1.82, 2.24) is 9.55 Å². The van der Waals surface area contributed by atoms with Crippen LogP contribution < -0.4 is 20.5 Å². The van der Waals surface area contributed by atoms with E-state index >= 15 is 0 Å². The molecule has 0 aliphatic carbocycles. The lowest BCUT2D eigenvalue weighted by Crippen LogP contribution is -2.35. The predicted molar refractivity (Wildman–Crippen MR) is 112 cm³/mol. The Morgan fingerprint density at radius 3 is 2.93 bits per heavy atom. The maximum absolute atomic E-state index is 10.7. The number of para-hydroxylation sites is 1.